The molecule has 1 rings (SSSR count). The Morgan fingerprint density at radius 1 is 1.64 bits per heavy atom. The molecule has 3 nitrogen and oxygen atoms in total. The van der Waals surface area contributed by atoms with E-state index in [4.69, 9.17) is 16.7 Å². The van der Waals surface area contributed by atoms with Gasteiger partial charge in [0.15, 0.2) is 5.69 Å². The summed E-state index contributed by atoms with van der Waals surface area (Å²) >= 11 is 7.09. The van der Waals surface area contributed by atoms with Gasteiger partial charge in [-0.05, 0) is 28.7 Å². The number of carboxylic acids is 1. The highest BCUT2D eigenvalue weighted by Gasteiger charge is 2.20. The Hall–Kier alpha value is -0.500. The number of carbonyl (C=O) groups is 1. The van der Waals surface area contributed by atoms with Gasteiger partial charge in [-0.25, -0.2) is 18.6 Å². The highest BCUT2D eigenvalue weighted by Crippen LogP contribution is 2.29. The monoisotopic (exact) mass is 333 g/mol. The minimum absolute atomic E-state index is 0.166. The summed E-state index contributed by atoms with van der Waals surface area (Å²) in [5.74, 6) is -1.42. The van der Waals surface area contributed by atoms with Gasteiger partial charge < -0.3 is 5.11 Å². The van der Waals surface area contributed by atoms with Crippen LogP contribution in [0.5, 0.6) is 0 Å². The summed E-state index contributed by atoms with van der Waals surface area (Å²) in [4.78, 5) is 14.1. The van der Waals surface area contributed by atoms with Gasteiger partial charge >= 0.3 is 5.97 Å². The Balaban J connectivity index is 3.40. The van der Waals surface area contributed by atoms with E-state index >= 15 is 0 Å². The molecule has 0 aliphatic rings. The molecular weight excluding hydrogens is 330 g/mol. The Morgan fingerprint density at radius 3 is 2.64 bits per heavy atom. The fourth-order valence-corrected chi connectivity index (χ4v) is 1.65. The van der Waals surface area contributed by atoms with Crippen LogP contribution in [0.15, 0.2) is 6.07 Å². The van der Waals surface area contributed by atoms with Crippen molar-refractivity contribution < 1.29 is 18.7 Å². The Bertz CT molecular complexity index is 386. The third-order valence-electron chi connectivity index (χ3n) is 1.39. The molecule has 0 fully saturated rings. The molecule has 0 amide bonds. The lowest BCUT2D eigenvalue weighted by Gasteiger charge is -2.05. The summed E-state index contributed by atoms with van der Waals surface area (Å²) in [6, 6.07) is 1.06. The molecule has 0 bridgehead atoms. The minimum atomic E-state index is -2.81. The predicted molar refractivity (Wildman–Crippen MR) is 53.9 cm³/mol. The molecule has 7 heteroatoms. The van der Waals surface area contributed by atoms with Gasteiger partial charge in [0, 0.05) is 5.56 Å². The first-order valence-electron chi connectivity index (χ1n) is 3.31. The van der Waals surface area contributed by atoms with Crippen molar-refractivity contribution in [2.75, 3.05) is 0 Å². The van der Waals surface area contributed by atoms with E-state index in [1.165, 1.54) is 0 Å². The number of alkyl halides is 2. The van der Waals surface area contributed by atoms with E-state index in [-0.39, 0.29) is 3.70 Å². The quantitative estimate of drug-likeness (QED) is 0.669. The van der Waals surface area contributed by atoms with Crippen molar-refractivity contribution >= 4 is 40.2 Å². The van der Waals surface area contributed by atoms with Crippen LogP contribution in [0.25, 0.3) is 0 Å². The number of aromatic nitrogens is 1. The van der Waals surface area contributed by atoms with Crippen molar-refractivity contribution in [2.45, 2.75) is 6.43 Å². The summed E-state index contributed by atoms with van der Waals surface area (Å²) in [6.07, 6.45) is -2.81. The summed E-state index contributed by atoms with van der Waals surface area (Å²) in [6.45, 7) is 0. The zero-order chi connectivity index (χ0) is 10.9. The average molecular weight is 333 g/mol. The van der Waals surface area contributed by atoms with Crippen LogP contribution in [-0.4, -0.2) is 16.1 Å². The molecule has 1 N–H and O–H groups in total. The van der Waals surface area contributed by atoms with E-state index in [1.807, 2.05) is 0 Å². The molecular formula is C7H3ClF2INO2. The van der Waals surface area contributed by atoms with Crippen molar-refractivity contribution in [1.82, 2.24) is 4.98 Å². The molecule has 0 aromatic carbocycles. The molecule has 1 aromatic heterocycles. The van der Waals surface area contributed by atoms with Crippen LogP contribution in [0.1, 0.15) is 22.5 Å². The lowest BCUT2D eigenvalue weighted by Crippen LogP contribution is -2.05. The fraction of sp³-hybridized carbons (Fsp3) is 0.143. The topological polar surface area (TPSA) is 50.2 Å². The van der Waals surface area contributed by atoms with Crippen molar-refractivity contribution in [3.05, 3.63) is 26.0 Å². The molecule has 0 aliphatic heterocycles. The highest BCUT2D eigenvalue weighted by molar-refractivity contribution is 14.1. The molecule has 0 aliphatic carbocycles. The zero-order valence-corrected chi connectivity index (χ0v) is 9.38. The molecule has 0 unspecified atom stereocenters. The van der Waals surface area contributed by atoms with Gasteiger partial charge in [0.05, 0.1) is 5.02 Å². The number of carboxylic acid groups (broad SMARTS) is 1. The van der Waals surface area contributed by atoms with E-state index in [1.54, 1.807) is 22.6 Å². The normalized spacial score (nSPS) is 10.6. The number of halogens is 4. The summed E-state index contributed by atoms with van der Waals surface area (Å²) < 4.78 is 24.9. The predicted octanol–water partition coefficient (Wildman–Crippen LogP) is 2.98. The van der Waals surface area contributed by atoms with Gasteiger partial charge in [-0.2, -0.15) is 0 Å². The number of nitrogens with zero attached hydrogens (tertiary/aromatic N) is 1. The van der Waals surface area contributed by atoms with Crippen molar-refractivity contribution in [3.63, 3.8) is 0 Å². The van der Waals surface area contributed by atoms with Crippen LogP contribution in [0.3, 0.4) is 0 Å². The molecule has 0 saturated heterocycles. The Morgan fingerprint density at radius 2 is 2.21 bits per heavy atom. The average Bonchev–Trinajstić information content (AvgIpc) is 2.07. The van der Waals surface area contributed by atoms with Crippen molar-refractivity contribution in [2.24, 2.45) is 0 Å². The summed E-state index contributed by atoms with van der Waals surface area (Å²) in [7, 11) is 0. The molecule has 0 atom stereocenters. The van der Waals surface area contributed by atoms with E-state index < -0.39 is 28.7 Å². The SMILES string of the molecule is O=C(O)c1nc(I)cc(C(F)F)c1Cl. The molecule has 0 spiro atoms. The first-order chi connectivity index (χ1) is 6.43. The van der Waals surface area contributed by atoms with Crippen molar-refractivity contribution in [3.8, 4) is 0 Å². The van der Waals surface area contributed by atoms with Gasteiger partial charge in [-0.1, -0.05) is 11.6 Å². The first kappa shape index (κ1) is 11.6. The number of hydrogen-bond acceptors (Lipinski definition) is 2. The molecule has 1 aromatic rings. The number of rotatable bonds is 2. The van der Waals surface area contributed by atoms with Gasteiger partial charge in [0.25, 0.3) is 6.43 Å². The number of pyridine rings is 1. The van der Waals surface area contributed by atoms with Crippen LogP contribution < -0.4 is 0 Å². The Kier molecular flexibility index (Phi) is 3.59. The fourth-order valence-electron chi connectivity index (χ4n) is 0.817. The van der Waals surface area contributed by atoms with Crippen LogP contribution in [0.2, 0.25) is 5.02 Å². The van der Waals surface area contributed by atoms with E-state index in [0.717, 1.165) is 6.07 Å². The molecule has 1 heterocycles. The van der Waals surface area contributed by atoms with Crippen molar-refractivity contribution in [1.29, 1.82) is 0 Å². The van der Waals surface area contributed by atoms with E-state index in [2.05, 4.69) is 4.98 Å². The number of aromatic carboxylic acids is 1. The van der Waals surface area contributed by atoms with Crippen LogP contribution in [0, 0.1) is 3.70 Å². The van der Waals surface area contributed by atoms with E-state index in [9.17, 15) is 13.6 Å². The Labute approximate surface area is 96.2 Å². The first-order valence-corrected chi connectivity index (χ1v) is 4.76. The van der Waals surface area contributed by atoms with Crippen LogP contribution in [-0.2, 0) is 0 Å². The smallest absolute Gasteiger partial charge is 0.356 e. The number of hydrogen-bond donors (Lipinski definition) is 1. The van der Waals surface area contributed by atoms with Gasteiger partial charge in [-0.15, -0.1) is 0 Å². The molecule has 0 saturated carbocycles. The third kappa shape index (κ3) is 2.30. The van der Waals surface area contributed by atoms with E-state index in [0.29, 0.717) is 0 Å². The lowest BCUT2D eigenvalue weighted by atomic mass is 10.2. The molecule has 76 valence electrons. The summed E-state index contributed by atoms with van der Waals surface area (Å²) in [5.41, 5.74) is -1.06. The molecule has 0 radical (unpaired) electrons. The highest BCUT2D eigenvalue weighted by atomic mass is 127. The lowest BCUT2D eigenvalue weighted by molar-refractivity contribution is 0.0690. The third-order valence-corrected chi connectivity index (χ3v) is 2.34. The second-order valence-corrected chi connectivity index (χ2v) is 3.79. The van der Waals surface area contributed by atoms with Gasteiger partial charge in [-0.3, -0.25) is 0 Å². The second-order valence-electron chi connectivity index (χ2n) is 2.30. The van der Waals surface area contributed by atoms with Crippen LogP contribution >= 0.6 is 34.2 Å². The minimum Gasteiger partial charge on any atom is -0.476 e. The van der Waals surface area contributed by atoms with Gasteiger partial charge in [0.2, 0.25) is 0 Å². The van der Waals surface area contributed by atoms with Crippen LogP contribution in [0.4, 0.5) is 8.78 Å². The maximum absolute atomic E-state index is 12.3. The largest absolute Gasteiger partial charge is 0.476 e. The maximum atomic E-state index is 12.3. The summed E-state index contributed by atoms with van der Waals surface area (Å²) in [5, 5.41) is 8.09. The second kappa shape index (κ2) is 4.35. The zero-order valence-electron chi connectivity index (χ0n) is 6.47. The standard InChI is InChI=1S/C7H3ClF2INO2/c8-4-2(6(9)10)1-3(11)12-5(4)7(13)14/h1,6H,(H,13,14). The molecule has 14 heavy (non-hydrogen) atoms. The van der Waals surface area contributed by atoms with Gasteiger partial charge in [0.1, 0.15) is 3.70 Å². The maximum Gasteiger partial charge on any atom is 0.356 e.